The van der Waals surface area contributed by atoms with Crippen LogP contribution in [0, 0.1) is 5.82 Å². The third kappa shape index (κ3) is 2.29. The summed E-state index contributed by atoms with van der Waals surface area (Å²) >= 11 is 3.23. The maximum absolute atomic E-state index is 13.5. The van der Waals surface area contributed by atoms with E-state index in [1.807, 2.05) is 0 Å². The molecular weight excluding hydrogens is 289 g/mol. The highest BCUT2D eigenvalue weighted by atomic mass is 79.9. The quantitative estimate of drug-likeness (QED) is 0.798. The third-order valence-electron chi connectivity index (χ3n) is 2.22. The van der Waals surface area contributed by atoms with Gasteiger partial charge in [0.05, 0.1) is 17.5 Å². The van der Waals surface area contributed by atoms with Gasteiger partial charge in [0.2, 0.25) is 0 Å². The molecule has 0 bridgehead atoms. The minimum atomic E-state index is -0.514. The Morgan fingerprint density at radius 1 is 1.53 bits per heavy atom. The van der Waals surface area contributed by atoms with Gasteiger partial charge in [0.25, 0.3) is 0 Å². The summed E-state index contributed by atoms with van der Waals surface area (Å²) in [7, 11) is 0. The van der Waals surface area contributed by atoms with E-state index in [2.05, 4.69) is 20.9 Å². The molecule has 0 unspecified atom stereocenters. The Balaban J connectivity index is 2.60. The number of pyridine rings is 1. The van der Waals surface area contributed by atoms with Crippen LogP contribution in [0.1, 0.15) is 17.4 Å². The van der Waals surface area contributed by atoms with Gasteiger partial charge in [0, 0.05) is 4.47 Å². The van der Waals surface area contributed by atoms with Crippen LogP contribution in [0.4, 0.5) is 4.39 Å². The van der Waals surface area contributed by atoms with Gasteiger partial charge in [-0.2, -0.15) is 0 Å². The van der Waals surface area contributed by atoms with E-state index in [1.165, 1.54) is 12.1 Å². The topological polar surface area (TPSA) is 39.2 Å². The molecule has 17 heavy (non-hydrogen) atoms. The monoisotopic (exact) mass is 297 g/mol. The summed E-state index contributed by atoms with van der Waals surface area (Å²) < 4.78 is 18.9. The summed E-state index contributed by atoms with van der Waals surface area (Å²) in [6, 6.07) is 6.00. The van der Waals surface area contributed by atoms with E-state index in [0.29, 0.717) is 15.4 Å². The van der Waals surface area contributed by atoms with Crippen molar-refractivity contribution in [3.05, 3.63) is 40.2 Å². The normalized spacial score (nSPS) is 10.5. The molecule has 0 aliphatic heterocycles. The minimum Gasteiger partial charge on any atom is -0.461 e. The summed E-state index contributed by atoms with van der Waals surface area (Å²) in [5.74, 6) is -0.892. The van der Waals surface area contributed by atoms with Crippen molar-refractivity contribution in [2.45, 2.75) is 6.92 Å². The fourth-order valence-corrected chi connectivity index (χ4v) is 2.12. The molecule has 0 fully saturated rings. The Morgan fingerprint density at radius 2 is 2.29 bits per heavy atom. The van der Waals surface area contributed by atoms with Crippen molar-refractivity contribution in [2.24, 2.45) is 0 Å². The summed E-state index contributed by atoms with van der Waals surface area (Å²) in [4.78, 5) is 15.6. The molecule has 1 aromatic carbocycles. The first-order valence-corrected chi connectivity index (χ1v) is 5.84. The second kappa shape index (κ2) is 4.79. The smallest absolute Gasteiger partial charge is 0.356 e. The van der Waals surface area contributed by atoms with E-state index in [0.717, 1.165) is 0 Å². The number of esters is 1. The number of halogens is 2. The lowest BCUT2D eigenvalue weighted by molar-refractivity contribution is 0.0520. The number of benzene rings is 1. The number of ether oxygens (including phenoxy) is 1. The highest BCUT2D eigenvalue weighted by Gasteiger charge is 2.13. The zero-order valence-corrected chi connectivity index (χ0v) is 10.6. The van der Waals surface area contributed by atoms with Crippen LogP contribution in [-0.2, 0) is 4.74 Å². The van der Waals surface area contributed by atoms with Crippen LogP contribution in [-0.4, -0.2) is 17.6 Å². The summed E-state index contributed by atoms with van der Waals surface area (Å²) in [5, 5.41) is 0.362. The Labute approximate surface area is 106 Å². The molecule has 0 amide bonds. The molecule has 0 atom stereocenters. The van der Waals surface area contributed by atoms with Crippen LogP contribution in [0.15, 0.2) is 28.7 Å². The Hall–Kier alpha value is -1.49. The van der Waals surface area contributed by atoms with E-state index in [4.69, 9.17) is 4.74 Å². The number of rotatable bonds is 2. The van der Waals surface area contributed by atoms with Gasteiger partial charge in [-0.05, 0) is 41.1 Å². The summed E-state index contributed by atoms with van der Waals surface area (Å²) in [6.45, 7) is 1.99. The average Bonchev–Trinajstić information content (AvgIpc) is 2.29. The SMILES string of the molecule is CCOC(=O)c1cc(Br)c2c(F)cccc2n1. The van der Waals surface area contributed by atoms with Crippen molar-refractivity contribution in [2.75, 3.05) is 6.61 Å². The first-order chi connectivity index (χ1) is 8.13. The highest BCUT2D eigenvalue weighted by Crippen LogP contribution is 2.26. The standard InChI is InChI=1S/C12H9BrFNO2/c1-2-17-12(16)10-6-7(13)11-8(14)4-3-5-9(11)15-10/h3-6H,2H2,1H3. The molecule has 0 N–H and O–H groups in total. The van der Waals surface area contributed by atoms with Gasteiger partial charge >= 0.3 is 5.97 Å². The molecule has 0 spiro atoms. The van der Waals surface area contributed by atoms with Gasteiger partial charge in [-0.1, -0.05) is 6.07 Å². The van der Waals surface area contributed by atoms with Gasteiger partial charge in [-0.25, -0.2) is 14.2 Å². The molecule has 2 aromatic rings. The van der Waals surface area contributed by atoms with Crippen LogP contribution >= 0.6 is 15.9 Å². The summed E-state index contributed by atoms with van der Waals surface area (Å²) in [5.41, 5.74) is 0.583. The maximum Gasteiger partial charge on any atom is 0.356 e. The van der Waals surface area contributed by atoms with Crippen molar-refractivity contribution in [3.63, 3.8) is 0 Å². The van der Waals surface area contributed by atoms with Crippen LogP contribution in [0.5, 0.6) is 0 Å². The molecule has 0 radical (unpaired) electrons. The number of nitrogens with zero attached hydrogens (tertiary/aromatic N) is 1. The van der Waals surface area contributed by atoms with Gasteiger partial charge in [0.1, 0.15) is 11.5 Å². The molecule has 0 saturated carbocycles. The Morgan fingerprint density at radius 3 is 3.00 bits per heavy atom. The molecule has 1 aromatic heterocycles. The van der Waals surface area contributed by atoms with E-state index in [-0.39, 0.29) is 18.1 Å². The lowest BCUT2D eigenvalue weighted by Crippen LogP contribution is -2.07. The number of hydrogen-bond acceptors (Lipinski definition) is 3. The second-order valence-electron chi connectivity index (χ2n) is 3.34. The third-order valence-corrected chi connectivity index (χ3v) is 2.84. The highest BCUT2D eigenvalue weighted by molar-refractivity contribution is 9.10. The van der Waals surface area contributed by atoms with Crippen LogP contribution in [0.3, 0.4) is 0 Å². The number of carbonyl (C=O) groups is 1. The van der Waals surface area contributed by atoms with Crippen molar-refractivity contribution in [1.82, 2.24) is 4.98 Å². The maximum atomic E-state index is 13.5. The van der Waals surface area contributed by atoms with Crippen molar-refractivity contribution < 1.29 is 13.9 Å². The molecule has 88 valence electrons. The first kappa shape index (κ1) is 12.0. The van der Waals surface area contributed by atoms with Crippen molar-refractivity contribution >= 4 is 32.8 Å². The lowest BCUT2D eigenvalue weighted by atomic mass is 10.2. The first-order valence-electron chi connectivity index (χ1n) is 5.05. The van der Waals surface area contributed by atoms with Gasteiger partial charge in [0.15, 0.2) is 0 Å². The molecule has 2 rings (SSSR count). The fourth-order valence-electron chi connectivity index (χ4n) is 1.51. The molecule has 3 nitrogen and oxygen atoms in total. The number of hydrogen-bond donors (Lipinski definition) is 0. The minimum absolute atomic E-state index is 0.164. The van der Waals surface area contributed by atoms with Crippen molar-refractivity contribution in [3.8, 4) is 0 Å². The Kier molecular flexibility index (Phi) is 3.38. The largest absolute Gasteiger partial charge is 0.461 e. The van der Waals surface area contributed by atoms with E-state index >= 15 is 0 Å². The predicted molar refractivity (Wildman–Crippen MR) is 65.4 cm³/mol. The van der Waals surface area contributed by atoms with Gasteiger partial charge in [-0.3, -0.25) is 0 Å². The van der Waals surface area contributed by atoms with Gasteiger partial charge in [-0.15, -0.1) is 0 Å². The van der Waals surface area contributed by atoms with Crippen LogP contribution < -0.4 is 0 Å². The lowest BCUT2D eigenvalue weighted by Gasteiger charge is -2.05. The van der Waals surface area contributed by atoms with E-state index in [1.54, 1.807) is 19.1 Å². The summed E-state index contributed by atoms with van der Waals surface area (Å²) in [6.07, 6.45) is 0. The van der Waals surface area contributed by atoms with E-state index in [9.17, 15) is 9.18 Å². The molecular formula is C12H9BrFNO2. The molecule has 0 saturated heterocycles. The van der Waals surface area contributed by atoms with Crippen LogP contribution in [0.25, 0.3) is 10.9 Å². The number of aromatic nitrogens is 1. The second-order valence-corrected chi connectivity index (χ2v) is 4.20. The van der Waals surface area contributed by atoms with E-state index < -0.39 is 5.97 Å². The van der Waals surface area contributed by atoms with Crippen LogP contribution in [0.2, 0.25) is 0 Å². The zero-order valence-electron chi connectivity index (χ0n) is 9.04. The fraction of sp³-hybridized carbons (Fsp3) is 0.167. The molecule has 5 heteroatoms. The molecule has 0 aliphatic rings. The molecule has 1 heterocycles. The average molecular weight is 298 g/mol. The molecule has 0 aliphatic carbocycles. The zero-order chi connectivity index (χ0) is 12.4. The number of fused-ring (bicyclic) bond motifs is 1. The number of carbonyl (C=O) groups excluding carboxylic acids is 1. The Bertz CT molecular complexity index is 586. The predicted octanol–water partition coefficient (Wildman–Crippen LogP) is 3.31. The van der Waals surface area contributed by atoms with Crippen molar-refractivity contribution in [1.29, 1.82) is 0 Å². The van der Waals surface area contributed by atoms with Gasteiger partial charge < -0.3 is 4.74 Å².